The molecule has 1 aliphatic rings. The lowest BCUT2D eigenvalue weighted by molar-refractivity contribution is 0.0695. The number of hydrogen-bond acceptors (Lipinski definition) is 4. The van der Waals surface area contributed by atoms with E-state index in [1.165, 1.54) is 0 Å². The monoisotopic (exact) mass is 299 g/mol. The van der Waals surface area contributed by atoms with E-state index >= 15 is 0 Å². The summed E-state index contributed by atoms with van der Waals surface area (Å²) in [5.74, 6) is -0.163. The minimum Gasteiger partial charge on any atom is -0.490 e. The summed E-state index contributed by atoms with van der Waals surface area (Å²) in [6.45, 7) is 1.69. The number of ether oxygens (including phenoxy) is 1. The Hall–Kier alpha value is -2.53. The lowest BCUT2D eigenvalue weighted by atomic mass is 10.1. The van der Waals surface area contributed by atoms with Gasteiger partial charge in [0.05, 0.1) is 24.4 Å². The van der Waals surface area contributed by atoms with Crippen molar-refractivity contribution >= 4 is 11.7 Å². The zero-order valence-electron chi connectivity index (χ0n) is 12.0. The summed E-state index contributed by atoms with van der Waals surface area (Å²) in [5, 5.41) is 18.6. The molecule has 0 saturated carbocycles. The molecule has 5 heteroatoms. The fourth-order valence-corrected chi connectivity index (χ4v) is 2.65. The van der Waals surface area contributed by atoms with Crippen LogP contribution in [0.3, 0.4) is 0 Å². The molecule has 0 radical (unpaired) electrons. The number of benzene rings is 2. The van der Waals surface area contributed by atoms with Crippen molar-refractivity contribution in [2.75, 3.05) is 18.1 Å². The van der Waals surface area contributed by atoms with Crippen LogP contribution in [0.25, 0.3) is 0 Å². The highest BCUT2D eigenvalue weighted by atomic mass is 16.5. The van der Waals surface area contributed by atoms with Crippen LogP contribution in [-0.2, 0) is 13.2 Å². The second-order valence-corrected chi connectivity index (χ2v) is 5.19. The predicted molar refractivity (Wildman–Crippen MR) is 82.3 cm³/mol. The molecule has 1 heterocycles. The highest BCUT2D eigenvalue weighted by Crippen LogP contribution is 2.33. The molecule has 0 bridgehead atoms. The molecule has 0 fully saturated rings. The first-order valence-electron chi connectivity index (χ1n) is 7.12. The van der Waals surface area contributed by atoms with Gasteiger partial charge in [-0.2, -0.15) is 0 Å². The molecule has 22 heavy (non-hydrogen) atoms. The molecule has 2 aromatic carbocycles. The van der Waals surface area contributed by atoms with Crippen molar-refractivity contribution < 1.29 is 19.7 Å². The maximum absolute atomic E-state index is 11.3. The van der Waals surface area contributed by atoms with Crippen molar-refractivity contribution in [1.82, 2.24) is 0 Å². The molecule has 0 amide bonds. The first kappa shape index (κ1) is 14.4. The summed E-state index contributed by atoms with van der Waals surface area (Å²) in [7, 11) is 0. The first-order chi connectivity index (χ1) is 10.7. The molecule has 0 saturated heterocycles. The van der Waals surface area contributed by atoms with Crippen LogP contribution < -0.4 is 9.64 Å². The quantitative estimate of drug-likeness (QED) is 0.906. The molecule has 2 N–H and O–H groups in total. The lowest BCUT2D eigenvalue weighted by Crippen LogP contribution is -2.32. The molecule has 114 valence electrons. The molecule has 0 atom stereocenters. The summed E-state index contributed by atoms with van der Waals surface area (Å²) < 4.78 is 5.63. The van der Waals surface area contributed by atoms with Crippen molar-refractivity contribution in [3.05, 3.63) is 59.2 Å². The number of anilines is 1. The van der Waals surface area contributed by atoms with E-state index in [2.05, 4.69) is 4.90 Å². The van der Waals surface area contributed by atoms with Gasteiger partial charge in [-0.15, -0.1) is 0 Å². The largest absolute Gasteiger partial charge is 0.490 e. The van der Waals surface area contributed by atoms with Crippen LogP contribution in [0.15, 0.2) is 42.5 Å². The standard InChI is InChI=1S/C17H17NO4/c19-11-12-5-6-16-15(9-12)18(7-8-22-16)10-13-3-1-2-4-14(13)17(20)21/h1-6,9,19H,7-8,10-11H2,(H,20,21). The first-order valence-corrected chi connectivity index (χ1v) is 7.12. The second-order valence-electron chi connectivity index (χ2n) is 5.19. The molecule has 0 spiro atoms. The SMILES string of the molecule is O=C(O)c1ccccc1CN1CCOc2ccc(CO)cc21. The number of aliphatic hydroxyl groups excluding tert-OH is 1. The van der Waals surface area contributed by atoms with Crippen molar-refractivity contribution in [3.63, 3.8) is 0 Å². The van der Waals surface area contributed by atoms with Crippen molar-refractivity contribution in [3.8, 4) is 5.75 Å². The Labute approximate surface area is 128 Å². The minimum atomic E-state index is -0.923. The smallest absolute Gasteiger partial charge is 0.336 e. The van der Waals surface area contributed by atoms with E-state index in [0.717, 1.165) is 22.6 Å². The molecule has 0 aliphatic carbocycles. The molecule has 2 aromatic rings. The van der Waals surface area contributed by atoms with Gasteiger partial charge in [0.25, 0.3) is 0 Å². The average molecular weight is 299 g/mol. The van der Waals surface area contributed by atoms with Gasteiger partial charge in [-0.1, -0.05) is 24.3 Å². The van der Waals surface area contributed by atoms with Gasteiger partial charge in [0.2, 0.25) is 0 Å². The molecule has 5 nitrogen and oxygen atoms in total. The van der Waals surface area contributed by atoms with Gasteiger partial charge < -0.3 is 19.8 Å². The summed E-state index contributed by atoms with van der Waals surface area (Å²) in [5.41, 5.74) is 2.77. The predicted octanol–water partition coefficient (Wildman–Crippen LogP) is 2.28. The maximum atomic E-state index is 11.3. The molecule has 3 rings (SSSR count). The van der Waals surface area contributed by atoms with Crippen LogP contribution in [0, 0.1) is 0 Å². The Morgan fingerprint density at radius 2 is 2.05 bits per heavy atom. The van der Waals surface area contributed by atoms with Crippen LogP contribution in [0.5, 0.6) is 5.75 Å². The fraction of sp³-hybridized carbons (Fsp3) is 0.235. The third-order valence-corrected chi connectivity index (χ3v) is 3.77. The minimum absolute atomic E-state index is 0.0349. The highest BCUT2D eigenvalue weighted by Gasteiger charge is 2.20. The fourth-order valence-electron chi connectivity index (χ4n) is 2.65. The number of aromatic carboxylic acids is 1. The Morgan fingerprint density at radius 1 is 1.23 bits per heavy atom. The number of hydrogen-bond donors (Lipinski definition) is 2. The van der Waals surface area contributed by atoms with Crippen molar-refractivity contribution in [2.24, 2.45) is 0 Å². The lowest BCUT2D eigenvalue weighted by Gasteiger charge is -2.32. The van der Waals surface area contributed by atoms with Crippen LogP contribution >= 0.6 is 0 Å². The Balaban J connectivity index is 1.94. The number of rotatable bonds is 4. The summed E-state index contributed by atoms with van der Waals surface area (Å²) in [4.78, 5) is 13.4. The van der Waals surface area contributed by atoms with Gasteiger partial charge in [0.1, 0.15) is 12.4 Å². The zero-order chi connectivity index (χ0) is 15.5. The topological polar surface area (TPSA) is 70.0 Å². The van der Waals surface area contributed by atoms with Crippen LogP contribution in [0.1, 0.15) is 21.5 Å². The Morgan fingerprint density at radius 3 is 2.82 bits per heavy atom. The van der Waals surface area contributed by atoms with Crippen LogP contribution in [0.2, 0.25) is 0 Å². The Bertz CT molecular complexity index is 699. The van der Waals surface area contributed by atoms with Crippen molar-refractivity contribution in [2.45, 2.75) is 13.2 Å². The zero-order valence-corrected chi connectivity index (χ0v) is 12.0. The third-order valence-electron chi connectivity index (χ3n) is 3.77. The van der Waals surface area contributed by atoms with Crippen LogP contribution in [-0.4, -0.2) is 29.3 Å². The Kier molecular flexibility index (Phi) is 3.98. The van der Waals surface area contributed by atoms with Gasteiger partial charge in [0.15, 0.2) is 0 Å². The van der Waals surface area contributed by atoms with Gasteiger partial charge in [-0.25, -0.2) is 4.79 Å². The van der Waals surface area contributed by atoms with Gasteiger partial charge in [-0.05, 0) is 29.3 Å². The normalized spacial score (nSPS) is 13.4. The molecular formula is C17H17NO4. The molecule has 1 aliphatic heterocycles. The van der Waals surface area contributed by atoms with Gasteiger partial charge in [-0.3, -0.25) is 0 Å². The van der Waals surface area contributed by atoms with E-state index in [1.54, 1.807) is 12.1 Å². The van der Waals surface area contributed by atoms with Crippen molar-refractivity contribution in [1.29, 1.82) is 0 Å². The van der Waals surface area contributed by atoms with E-state index in [0.29, 0.717) is 25.3 Å². The van der Waals surface area contributed by atoms with Gasteiger partial charge >= 0.3 is 5.97 Å². The highest BCUT2D eigenvalue weighted by molar-refractivity contribution is 5.89. The van der Waals surface area contributed by atoms with E-state index in [1.807, 2.05) is 30.3 Å². The third kappa shape index (κ3) is 2.76. The van der Waals surface area contributed by atoms with E-state index in [9.17, 15) is 15.0 Å². The number of carboxylic acid groups (broad SMARTS) is 1. The number of fused-ring (bicyclic) bond motifs is 1. The van der Waals surface area contributed by atoms with Gasteiger partial charge in [0, 0.05) is 6.54 Å². The number of nitrogens with zero attached hydrogens (tertiary/aromatic N) is 1. The van der Waals surface area contributed by atoms with E-state index in [4.69, 9.17) is 4.74 Å². The summed E-state index contributed by atoms with van der Waals surface area (Å²) in [6, 6.07) is 12.6. The number of aliphatic hydroxyl groups is 1. The van der Waals surface area contributed by atoms with Crippen LogP contribution in [0.4, 0.5) is 5.69 Å². The number of carbonyl (C=O) groups is 1. The molecule has 0 unspecified atom stereocenters. The number of carboxylic acids is 1. The maximum Gasteiger partial charge on any atom is 0.336 e. The average Bonchev–Trinajstić information content (AvgIpc) is 2.55. The molecular weight excluding hydrogens is 282 g/mol. The van der Waals surface area contributed by atoms with E-state index in [-0.39, 0.29) is 6.61 Å². The summed E-state index contributed by atoms with van der Waals surface area (Å²) in [6.07, 6.45) is 0. The summed E-state index contributed by atoms with van der Waals surface area (Å²) >= 11 is 0. The molecule has 0 aromatic heterocycles. The second kappa shape index (κ2) is 6.07. The van der Waals surface area contributed by atoms with E-state index < -0.39 is 5.97 Å².